The number of aromatic nitrogens is 1. The van der Waals surface area contributed by atoms with E-state index in [2.05, 4.69) is 10.3 Å². The molecule has 0 spiro atoms. The minimum absolute atomic E-state index is 0.0216. The molecule has 2 heterocycles. The zero-order valence-electron chi connectivity index (χ0n) is 20.2. The number of hydrogen-bond acceptors (Lipinski definition) is 6. The number of alkyl halides is 2. The van der Waals surface area contributed by atoms with Crippen molar-refractivity contribution in [2.24, 2.45) is 0 Å². The largest absolute Gasteiger partial charge is 0.474 e. The van der Waals surface area contributed by atoms with Gasteiger partial charge in [-0.2, -0.15) is 0 Å². The summed E-state index contributed by atoms with van der Waals surface area (Å²) in [6.45, 7) is 0.961. The van der Waals surface area contributed by atoms with Crippen molar-refractivity contribution in [2.45, 2.75) is 26.0 Å². The maximum atomic E-state index is 14.3. The molecule has 4 rings (SSSR count). The van der Waals surface area contributed by atoms with E-state index >= 15 is 0 Å². The molecule has 8 nitrogen and oxygen atoms in total. The van der Waals surface area contributed by atoms with Crippen LogP contribution in [0, 0.1) is 17.5 Å². The van der Waals surface area contributed by atoms with Gasteiger partial charge in [0.1, 0.15) is 19.0 Å². The molecule has 1 aromatic heterocycles. The summed E-state index contributed by atoms with van der Waals surface area (Å²) >= 11 is 0. The van der Waals surface area contributed by atoms with Gasteiger partial charge in [0.05, 0.1) is 30.5 Å². The molecule has 1 aliphatic heterocycles. The molecule has 1 unspecified atom stereocenters. The first-order chi connectivity index (χ1) is 18.1. The topological polar surface area (TPSA) is 90.0 Å². The summed E-state index contributed by atoms with van der Waals surface area (Å²) in [5, 5.41) is 2.76. The van der Waals surface area contributed by atoms with Gasteiger partial charge in [0.25, 0.3) is 6.43 Å². The van der Waals surface area contributed by atoms with Crippen molar-refractivity contribution in [3.05, 3.63) is 64.6 Å². The van der Waals surface area contributed by atoms with E-state index < -0.39 is 47.5 Å². The van der Waals surface area contributed by atoms with Crippen molar-refractivity contribution in [1.82, 2.24) is 9.88 Å². The highest BCUT2D eigenvalue weighted by Crippen LogP contribution is 2.39. The molecule has 1 N–H and O–H groups in total. The number of pyridine rings is 1. The maximum absolute atomic E-state index is 14.3. The quantitative estimate of drug-likeness (QED) is 0.250. The summed E-state index contributed by atoms with van der Waals surface area (Å²) in [5.74, 6) is -3.97. The van der Waals surface area contributed by atoms with Crippen molar-refractivity contribution in [2.75, 3.05) is 32.2 Å². The van der Waals surface area contributed by atoms with Gasteiger partial charge in [0.2, 0.25) is 5.88 Å². The number of rotatable bonds is 7. The zero-order valence-corrected chi connectivity index (χ0v) is 20.2. The van der Waals surface area contributed by atoms with Crippen LogP contribution in [0.15, 0.2) is 30.3 Å². The van der Waals surface area contributed by atoms with Gasteiger partial charge in [-0.3, -0.25) is 4.79 Å². The Bertz CT molecular complexity index is 1390. The number of nitrogens with zero attached hydrogens (tertiary/aromatic N) is 2. The molecule has 0 bridgehead atoms. The van der Waals surface area contributed by atoms with Crippen molar-refractivity contribution in [3.8, 4) is 5.88 Å². The molecule has 1 atom stereocenters. The second-order valence-electron chi connectivity index (χ2n) is 8.39. The maximum Gasteiger partial charge on any atom is 0.322 e. The van der Waals surface area contributed by atoms with Crippen LogP contribution in [0.25, 0.3) is 10.8 Å². The van der Waals surface area contributed by atoms with Gasteiger partial charge in [0.15, 0.2) is 11.6 Å². The SMILES string of the molecule is CC(=O)OCCOc1nc2c(c3cc(F)c(F)cc13)C(N(C)C(=O)Nc1ccc(F)c(C(F)F)c1)COC2. The van der Waals surface area contributed by atoms with Gasteiger partial charge in [-0.25, -0.2) is 31.7 Å². The summed E-state index contributed by atoms with van der Waals surface area (Å²) in [4.78, 5) is 29.6. The van der Waals surface area contributed by atoms with Gasteiger partial charge in [-0.15, -0.1) is 0 Å². The summed E-state index contributed by atoms with van der Waals surface area (Å²) in [7, 11) is 1.39. The van der Waals surface area contributed by atoms with Crippen LogP contribution in [0.3, 0.4) is 0 Å². The molecule has 2 amide bonds. The Morgan fingerprint density at radius 2 is 1.82 bits per heavy atom. The molecule has 38 heavy (non-hydrogen) atoms. The van der Waals surface area contributed by atoms with Gasteiger partial charge in [-0.1, -0.05) is 0 Å². The third-order valence-electron chi connectivity index (χ3n) is 5.87. The van der Waals surface area contributed by atoms with Crippen LogP contribution in [0.4, 0.5) is 32.4 Å². The number of fused-ring (bicyclic) bond motifs is 3. The third kappa shape index (κ3) is 5.62. The molecule has 1 aliphatic rings. The van der Waals surface area contributed by atoms with E-state index in [1.54, 1.807) is 0 Å². The first-order valence-electron chi connectivity index (χ1n) is 11.3. The Morgan fingerprint density at radius 1 is 1.11 bits per heavy atom. The molecular formula is C25H22F5N3O5. The summed E-state index contributed by atoms with van der Waals surface area (Å²) in [6, 6.07) is 3.05. The lowest BCUT2D eigenvalue weighted by atomic mass is 9.95. The van der Waals surface area contributed by atoms with Crippen molar-refractivity contribution >= 4 is 28.5 Å². The van der Waals surface area contributed by atoms with Gasteiger partial charge < -0.3 is 24.4 Å². The second-order valence-corrected chi connectivity index (χ2v) is 8.39. The minimum atomic E-state index is -3.08. The number of halogens is 5. The van der Waals surface area contributed by atoms with E-state index in [1.165, 1.54) is 18.9 Å². The van der Waals surface area contributed by atoms with E-state index in [1.807, 2.05) is 0 Å². The van der Waals surface area contributed by atoms with Crippen LogP contribution >= 0.6 is 0 Å². The summed E-state index contributed by atoms with van der Waals surface area (Å²) < 4.78 is 84.3. The fourth-order valence-electron chi connectivity index (χ4n) is 4.06. The fourth-order valence-corrected chi connectivity index (χ4v) is 4.06. The number of ether oxygens (including phenoxy) is 3. The first-order valence-corrected chi connectivity index (χ1v) is 11.3. The molecule has 0 saturated carbocycles. The first kappa shape index (κ1) is 27.0. The number of likely N-dealkylation sites (N-methyl/N-ethyl adjacent to an activating group) is 1. The predicted molar refractivity (Wildman–Crippen MR) is 124 cm³/mol. The van der Waals surface area contributed by atoms with E-state index in [9.17, 15) is 31.5 Å². The Hall–Kier alpha value is -4.00. The lowest BCUT2D eigenvalue weighted by Gasteiger charge is -2.34. The third-order valence-corrected chi connectivity index (χ3v) is 5.87. The number of urea groups is 1. The Balaban J connectivity index is 1.67. The standard InChI is InChI=1S/C25H22F5N3O5/c1-12(34)37-5-6-38-24-15-9-19(28)18(27)8-14(15)22-20(32-24)10-36-11-21(22)33(2)25(35)31-13-3-4-17(26)16(7-13)23(29)30/h3-4,7-9,21,23H,5-6,10-11H2,1-2H3,(H,31,35). The number of hydrogen-bond donors (Lipinski definition) is 1. The van der Waals surface area contributed by atoms with E-state index in [0.717, 1.165) is 30.3 Å². The lowest BCUT2D eigenvalue weighted by molar-refractivity contribution is -0.141. The molecule has 3 aromatic rings. The highest BCUT2D eigenvalue weighted by atomic mass is 19.3. The normalized spacial score (nSPS) is 14.8. The number of carbonyl (C=O) groups is 2. The molecule has 202 valence electrons. The Labute approximate surface area is 213 Å². The van der Waals surface area contributed by atoms with Crippen LogP contribution in [0.5, 0.6) is 5.88 Å². The Kier molecular flexibility index (Phi) is 7.95. The summed E-state index contributed by atoms with van der Waals surface area (Å²) in [6.07, 6.45) is -3.08. The number of carbonyl (C=O) groups excluding carboxylic acids is 2. The van der Waals surface area contributed by atoms with Crippen molar-refractivity contribution in [3.63, 3.8) is 0 Å². The highest BCUT2D eigenvalue weighted by Gasteiger charge is 2.32. The van der Waals surface area contributed by atoms with E-state index in [-0.39, 0.29) is 48.8 Å². The number of esters is 1. The average molecular weight is 539 g/mol. The van der Waals surface area contributed by atoms with Crippen LogP contribution in [0.2, 0.25) is 0 Å². The zero-order chi connectivity index (χ0) is 27.6. The number of amides is 2. The van der Waals surface area contributed by atoms with Crippen molar-refractivity contribution in [1.29, 1.82) is 0 Å². The molecular weight excluding hydrogens is 517 g/mol. The smallest absolute Gasteiger partial charge is 0.322 e. The fraction of sp³-hybridized carbons (Fsp3) is 0.320. The van der Waals surface area contributed by atoms with Crippen LogP contribution in [0.1, 0.15) is 36.2 Å². The van der Waals surface area contributed by atoms with Gasteiger partial charge in [0, 0.05) is 30.6 Å². The molecule has 0 saturated heterocycles. The van der Waals surface area contributed by atoms with Gasteiger partial charge >= 0.3 is 12.0 Å². The molecule has 0 fully saturated rings. The van der Waals surface area contributed by atoms with Gasteiger partial charge in [-0.05, 0) is 35.7 Å². The number of anilines is 1. The monoisotopic (exact) mass is 539 g/mol. The van der Waals surface area contributed by atoms with Crippen molar-refractivity contribution < 1.29 is 45.8 Å². The molecule has 2 aromatic carbocycles. The van der Waals surface area contributed by atoms with E-state index in [0.29, 0.717) is 11.3 Å². The highest BCUT2D eigenvalue weighted by molar-refractivity contribution is 5.93. The van der Waals surface area contributed by atoms with Crippen LogP contribution in [-0.2, 0) is 20.9 Å². The molecule has 0 aliphatic carbocycles. The molecule has 13 heteroatoms. The van der Waals surface area contributed by atoms with Crippen LogP contribution < -0.4 is 10.1 Å². The second kappa shape index (κ2) is 11.2. The Morgan fingerprint density at radius 3 is 2.50 bits per heavy atom. The lowest BCUT2D eigenvalue weighted by Crippen LogP contribution is -2.39. The predicted octanol–water partition coefficient (Wildman–Crippen LogP) is 5.27. The van der Waals surface area contributed by atoms with E-state index in [4.69, 9.17) is 14.2 Å². The minimum Gasteiger partial charge on any atom is -0.474 e. The number of nitrogens with one attached hydrogen (secondary N) is 1. The number of benzene rings is 2. The average Bonchev–Trinajstić information content (AvgIpc) is 2.87. The molecule has 0 radical (unpaired) electrons. The van der Waals surface area contributed by atoms with Crippen LogP contribution in [-0.4, -0.2) is 48.8 Å². The summed E-state index contributed by atoms with van der Waals surface area (Å²) in [5.41, 5.74) is -0.264.